The third-order valence-electron chi connectivity index (χ3n) is 3.01. The molecule has 0 amide bonds. The van der Waals surface area contributed by atoms with Gasteiger partial charge in [0.05, 0.1) is 16.1 Å². The van der Waals surface area contributed by atoms with Crippen LogP contribution in [0.4, 0.5) is 5.69 Å². The van der Waals surface area contributed by atoms with Crippen LogP contribution in [0.15, 0.2) is 36.4 Å². The van der Waals surface area contributed by atoms with Crippen LogP contribution >= 0.6 is 45.8 Å². The van der Waals surface area contributed by atoms with Crippen molar-refractivity contribution in [1.29, 1.82) is 0 Å². The number of nitrogens with one attached hydrogen (secondary N) is 1. The molecule has 0 aliphatic rings. The second kappa shape index (κ2) is 6.33. The van der Waals surface area contributed by atoms with Crippen LogP contribution in [-0.4, -0.2) is 0 Å². The molecule has 0 saturated carbocycles. The standard InChI is InChI=1S/C15H14Cl2IN/c1-9-8-11(18)6-7-14(9)19-10(2)12-4-3-5-13(16)15(12)17/h3-8,10,19H,1-2H3. The highest BCUT2D eigenvalue weighted by molar-refractivity contribution is 14.1. The summed E-state index contributed by atoms with van der Waals surface area (Å²) in [5.74, 6) is 0. The number of benzene rings is 2. The number of anilines is 1. The van der Waals surface area contributed by atoms with E-state index in [0.717, 1.165) is 11.3 Å². The van der Waals surface area contributed by atoms with E-state index in [1.165, 1.54) is 9.13 Å². The van der Waals surface area contributed by atoms with Gasteiger partial charge in [0, 0.05) is 9.26 Å². The van der Waals surface area contributed by atoms with E-state index in [4.69, 9.17) is 23.2 Å². The summed E-state index contributed by atoms with van der Waals surface area (Å²) >= 11 is 14.6. The van der Waals surface area contributed by atoms with E-state index in [1.807, 2.05) is 12.1 Å². The van der Waals surface area contributed by atoms with Gasteiger partial charge in [0.15, 0.2) is 0 Å². The Morgan fingerprint density at radius 3 is 2.58 bits per heavy atom. The fraction of sp³-hybridized carbons (Fsp3) is 0.200. The zero-order valence-corrected chi connectivity index (χ0v) is 14.3. The zero-order chi connectivity index (χ0) is 14.0. The number of rotatable bonds is 3. The second-order valence-electron chi connectivity index (χ2n) is 4.47. The van der Waals surface area contributed by atoms with Gasteiger partial charge in [-0.1, -0.05) is 35.3 Å². The molecule has 2 aromatic rings. The minimum absolute atomic E-state index is 0.102. The highest BCUT2D eigenvalue weighted by Gasteiger charge is 2.12. The van der Waals surface area contributed by atoms with Crippen molar-refractivity contribution in [3.8, 4) is 0 Å². The molecule has 0 saturated heterocycles. The van der Waals surface area contributed by atoms with E-state index in [-0.39, 0.29) is 6.04 Å². The van der Waals surface area contributed by atoms with E-state index in [2.05, 4.69) is 60.0 Å². The summed E-state index contributed by atoms with van der Waals surface area (Å²) in [6.07, 6.45) is 0. The lowest BCUT2D eigenvalue weighted by atomic mass is 10.1. The van der Waals surface area contributed by atoms with Gasteiger partial charge in [0.25, 0.3) is 0 Å². The van der Waals surface area contributed by atoms with Crippen LogP contribution in [0.2, 0.25) is 10.0 Å². The maximum atomic E-state index is 6.25. The highest BCUT2D eigenvalue weighted by atomic mass is 127. The Morgan fingerprint density at radius 2 is 1.89 bits per heavy atom. The lowest BCUT2D eigenvalue weighted by Crippen LogP contribution is -2.08. The number of halogens is 3. The maximum Gasteiger partial charge on any atom is 0.0644 e. The summed E-state index contributed by atoms with van der Waals surface area (Å²) in [6.45, 7) is 4.17. The Kier molecular flexibility index (Phi) is 4.98. The van der Waals surface area contributed by atoms with Gasteiger partial charge >= 0.3 is 0 Å². The van der Waals surface area contributed by atoms with Crippen molar-refractivity contribution in [2.75, 3.05) is 5.32 Å². The van der Waals surface area contributed by atoms with Crippen LogP contribution in [0.3, 0.4) is 0 Å². The third-order valence-corrected chi connectivity index (χ3v) is 4.51. The first-order valence-electron chi connectivity index (χ1n) is 5.95. The molecule has 0 spiro atoms. The van der Waals surface area contributed by atoms with Crippen molar-refractivity contribution in [1.82, 2.24) is 0 Å². The SMILES string of the molecule is Cc1cc(I)ccc1NC(C)c1cccc(Cl)c1Cl. The maximum absolute atomic E-state index is 6.25. The normalized spacial score (nSPS) is 12.3. The molecule has 0 aromatic heterocycles. The Bertz CT molecular complexity index is 599. The van der Waals surface area contributed by atoms with Crippen LogP contribution < -0.4 is 5.32 Å². The van der Waals surface area contributed by atoms with E-state index in [0.29, 0.717) is 10.0 Å². The summed E-state index contributed by atoms with van der Waals surface area (Å²) in [5.41, 5.74) is 3.34. The van der Waals surface area contributed by atoms with Gasteiger partial charge in [-0.15, -0.1) is 0 Å². The van der Waals surface area contributed by atoms with Crippen LogP contribution in [0, 0.1) is 10.5 Å². The van der Waals surface area contributed by atoms with Crippen molar-refractivity contribution < 1.29 is 0 Å². The molecule has 100 valence electrons. The average molecular weight is 406 g/mol. The molecule has 1 N–H and O–H groups in total. The van der Waals surface area contributed by atoms with E-state index in [1.54, 1.807) is 6.07 Å². The number of aryl methyl sites for hydroxylation is 1. The molecule has 0 heterocycles. The van der Waals surface area contributed by atoms with Crippen molar-refractivity contribution in [3.05, 3.63) is 61.1 Å². The molecular weight excluding hydrogens is 392 g/mol. The molecule has 0 aliphatic heterocycles. The summed E-state index contributed by atoms with van der Waals surface area (Å²) in [5, 5.41) is 4.68. The van der Waals surface area contributed by atoms with Gasteiger partial charge in [0.2, 0.25) is 0 Å². The molecule has 4 heteroatoms. The van der Waals surface area contributed by atoms with Crippen molar-refractivity contribution in [2.45, 2.75) is 19.9 Å². The summed E-state index contributed by atoms with van der Waals surface area (Å²) < 4.78 is 1.23. The first-order chi connectivity index (χ1) is 8.99. The lowest BCUT2D eigenvalue weighted by Gasteiger charge is -2.19. The molecule has 0 radical (unpaired) electrons. The van der Waals surface area contributed by atoms with Gasteiger partial charge in [-0.25, -0.2) is 0 Å². The quantitative estimate of drug-likeness (QED) is 0.610. The molecule has 1 nitrogen and oxygen atoms in total. The van der Waals surface area contributed by atoms with Crippen LogP contribution in [0.5, 0.6) is 0 Å². The van der Waals surface area contributed by atoms with Crippen LogP contribution in [-0.2, 0) is 0 Å². The summed E-state index contributed by atoms with van der Waals surface area (Å²) in [4.78, 5) is 0. The van der Waals surface area contributed by atoms with E-state index >= 15 is 0 Å². The van der Waals surface area contributed by atoms with E-state index in [9.17, 15) is 0 Å². The Labute approximate surface area is 137 Å². The van der Waals surface area contributed by atoms with Gasteiger partial charge in [-0.2, -0.15) is 0 Å². The van der Waals surface area contributed by atoms with Gasteiger partial charge in [-0.05, 0) is 71.8 Å². The van der Waals surface area contributed by atoms with Gasteiger partial charge in [0.1, 0.15) is 0 Å². The predicted molar refractivity (Wildman–Crippen MR) is 92.4 cm³/mol. The average Bonchev–Trinajstić information content (AvgIpc) is 2.36. The molecule has 0 aliphatic carbocycles. The van der Waals surface area contributed by atoms with Crippen molar-refractivity contribution in [3.63, 3.8) is 0 Å². The molecule has 2 rings (SSSR count). The predicted octanol–water partition coefficient (Wildman–Crippen LogP) is 6.08. The molecule has 2 aromatic carbocycles. The van der Waals surface area contributed by atoms with Crippen LogP contribution in [0.1, 0.15) is 24.1 Å². The molecular formula is C15H14Cl2IN. The Balaban J connectivity index is 2.25. The fourth-order valence-electron chi connectivity index (χ4n) is 1.95. The monoisotopic (exact) mass is 405 g/mol. The molecule has 0 bridgehead atoms. The number of hydrogen-bond donors (Lipinski definition) is 1. The zero-order valence-electron chi connectivity index (χ0n) is 10.7. The molecule has 19 heavy (non-hydrogen) atoms. The molecule has 1 unspecified atom stereocenters. The first-order valence-corrected chi connectivity index (χ1v) is 7.79. The van der Waals surface area contributed by atoms with E-state index < -0.39 is 0 Å². The van der Waals surface area contributed by atoms with Crippen molar-refractivity contribution >= 4 is 51.5 Å². The van der Waals surface area contributed by atoms with Gasteiger partial charge in [-0.3, -0.25) is 0 Å². The van der Waals surface area contributed by atoms with Crippen LogP contribution in [0.25, 0.3) is 0 Å². The minimum Gasteiger partial charge on any atom is -0.378 e. The van der Waals surface area contributed by atoms with Crippen molar-refractivity contribution in [2.24, 2.45) is 0 Å². The molecule has 0 fully saturated rings. The minimum atomic E-state index is 0.102. The number of hydrogen-bond acceptors (Lipinski definition) is 1. The summed E-state index contributed by atoms with van der Waals surface area (Å²) in [6, 6.07) is 12.1. The Morgan fingerprint density at radius 1 is 1.16 bits per heavy atom. The largest absolute Gasteiger partial charge is 0.378 e. The molecule has 1 atom stereocenters. The second-order valence-corrected chi connectivity index (χ2v) is 6.50. The highest BCUT2D eigenvalue weighted by Crippen LogP contribution is 2.32. The smallest absolute Gasteiger partial charge is 0.0644 e. The third kappa shape index (κ3) is 3.56. The first kappa shape index (κ1) is 14.9. The topological polar surface area (TPSA) is 12.0 Å². The summed E-state index contributed by atoms with van der Waals surface area (Å²) in [7, 11) is 0. The lowest BCUT2D eigenvalue weighted by molar-refractivity contribution is 0.883. The van der Waals surface area contributed by atoms with Gasteiger partial charge < -0.3 is 5.32 Å². The fourth-order valence-corrected chi connectivity index (χ4v) is 3.07. The Hall–Kier alpha value is -0.450.